The number of carbonyl (C=O) groups excluding carboxylic acids is 1. The van der Waals surface area contributed by atoms with Crippen LogP contribution < -0.4 is 4.90 Å². The monoisotopic (exact) mass is 433 g/mol. The number of amides is 1. The highest BCUT2D eigenvalue weighted by Gasteiger charge is 2.35. The molecule has 3 heterocycles. The molecule has 1 fully saturated rings. The smallest absolute Gasteiger partial charge is 0.353 e. The van der Waals surface area contributed by atoms with E-state index in [1.807, 2.05) is 18.2 Å². The van der Waals surface area contributed by atoms with Crippen molar-refractivity contribution < 1.29 is 18.0 Å². The first kappa shape index (κ1) is 20.4. The molecule has 2 aromatic heterocycles. The van der Waals surface area contributed by atoms with Gasteiger partial charge in [0, 0.05) is 37.8 Å². The highest BCUT2D eigenvalue weighted by molar-refractivity contribution is 8.00. The number of thioether (sulfide) groups is 1. The van der Waals surface area contributed by atoms with Crippen LogP contribution in [0.4, 0.5) is 19.0 Å². The van der Waals surface area contributed by atoms with E-state index in [-0.39, 0.29) is 22.2 Å². The summed E-state index contributed by atoms with van der Waals surface area (Å²) in [6.45, 7) is 2.38. The summed E-state index contributed by atoms with van der Waals surface area (Å²) in [5.74, 6) is -0.440. The van der Waals surface area contributed by atoms with Crippen molar-refractivity contribution >= 4 is 34.4 Å². The zero-order chi connectivity index (χ0) is 21.1. The molecular weight excluding hydrogens is 415 g/mol. The predicted octanol–water partition coefficient (Wildman–Crippen LogP) is 3.48. The molecule has 0 aliphatic carbocycles. The van der Waals surface area contributed by atoms with Gasteiger partial charge in [-0.3, -0.25) is 4.79 Å². The molecule has 0 radical (unpaired) electrons. The van der Waals surface area contributed by atoms with Crippen LogP contribution in [-0.2, 0) is 11.0 Å². The van der Waals surface area contributed by atoms with Crippen molar-refractivity contribution in [3.05, 3.63) is 54.5 Å². The maximum Gasteiger partial charge on any atom is 0.451 e. The molecule has 1 saturated heterocycles. The lowest BCUT2D eigenvalue weighted by molar-refractivity contribution is -0.145. The molecule has 10 heteroatoms. The largest absolute Gasteiger partial charge is 0.451 e. The lowest BCUT2D eigenvalue weighted by Crippen LogP contribution is -2.49. The summed E-state index contributed by atoms with van der Waals surface area (Å²) in [5.41, 5.74) is 0.207. The summed E-state index contributed by atoms with van der Waals surface area (Å²) in [6.07, 6.45) is -2.92. The van der Waals surface area contributed by atoms with Gasteiger partial charge in [-0.15, -0.1) is 0 Å². The molecule has 1 aromatic carbocycles. The molecule has 0 spiro atoms. The van der Waals surface area contributed by atoms with Gasteiger partial charge in [-0.05, 0) is 18.2 Å². The van der Waals surface area contributed by atoms with Crippen LogP contribution in [0.2, 0.25) is 0 Å². The summed E-state index contributed by atoms with van der Waals surface area (Å²) in [6, 6.07) is 12.2. The van der Waals surface area contributed by atoms with Gasteiger partial charge in [0.15, 0.2) is 0 Å². The average molecular weight is 433 g/mol. The molecule has 30 heavy (non-hydrogen) atoms. The van der Waals surface area contributed by atoms with Gasteiger partial charge in [0.25, 0.3) is 0 Å². The second kappa shape index (κ2) is 8.47. The minimum absolute atomic E-state index is 0.0158. The Balaban J connectivity index is 1.42. The number of hydrogen-bond acceptors (Lipinski definition) is 6. The SMILES string of the molecule is O=C(CSc1nc(C(F)(F)F)nc2ccccc12)N1CCN(c2ccccn2)CC1. The van der Waals surface area contributed by atoms with Crippen molar-refractivity contribution in [3.63, 3.8) is 0 Å². The van der Waals surface area contributed by atoms with Gasteiger partial charge in [0.05, 0.1) is 11.3 Å². The Hall–Kier alpha value is -2.88. The number of aromatic nitrogens is 3. The van der Waals surface area contributed by atoms with Crippen molar-refractivity contribution in [1.82, 2.24) is 19.9 Å². The first-order valence-corrected chi connectivity index (χ1v) is 10.3. The van der Waals surface area contributed by atoms with E-state index in [2.05, 4.69) is 19.9 Å². The van der Waals surface area contributed by atoms with Gasteiger partial charge in [-0.25, -0.2) is 15.0 Å². The minimum Gasteiger partial charge on any atom is -0.353 e. The Bertz CT molecular complexity index is 1040. The molecule has 6 nitrogen and oxygen atoms in total. The number of nitrogens with zero attached hydrogens (tertiary/aromatic N) is 5. The number of pyridine rings is 1. The van der Waals surface area contributed by atoms with Gasteiger partial charge in [0.1, 0.15) is 10.8 Å². The summed E-state index contributed by atoms with van der Waals surface area (Å²) in [7, 11) is 0. The van der Waals surface area contributed by atoms with Crippen LogP contribution >= 0.6 is 11.8 Å². The Kier molecular flexibility index (Phi) is 5.76. The third kappa shape index (κ3) is 4.48. The normalized spacial score (nSPS) is 14.9. The number of halogens is 3. The molecule has 3 aromatic rings. The highest BCUT2D eigenvalue weighted by Crippen LogP contribution is 2.32. The molecule has 1 amide bonds. The van der Waals surface area contributed by atoms with Crippen molar-refractivity contribution in [2.45, 2.75) is 11.2 Å². The number of anilines is 1. The fourth-order valence-corrected chi connectivity index (χ4v) is 4.15. The number of carbonyl (C=O) groups is 1. The molecule has 0 bridgehead atoms. The Morgan fingerprint density at radius 2 is 1.73 bits per heavy atom. The third-order valence-electron chi connectivity index (χ3n) is 4.76. The second-order valence-electron chi connectivity index (χ2n) is 6.71. The number of rotatable bonds is 4. The molecule has 1 aliphatic heterocycles. The molecule has 156 valence electrons. The zero-order valence-corrected chi connectivity index (χ0v) is 16.7. The van der Waals surface area contributed by atoms with Crippen LogP contribution in [0.1, 0.15) is 5.82 Å². The first-order valence-electron chi connectivity index (χ1n) is 9.32. The highest BCUT2D eigenvalue weighted by atomic mass is 32.2. The number of benzene rings is 1. The van der Waals surface area contributed by atoms with E-state index >= 15 is 0 Å². The molecular formula is C20H18F3N5OS. The number of para-hydroxylation sites is 1. The number of hydrogen-bond donors (Lipinski definition) is 0. The summed E-state index contributed by atoms with van der Waals surface area (Å²) in [5, 5.41) is 0.664. The van der Waals surface area contributed by atoms with E-state index in [1.165, 1.54) is 6.07 Å². The number of fused-ring (bicyclic) bond motifs is 1. The number of alkyl halides is 3. The van der Waals surface area contributed by atoms with Gasteiger partial charge >= 0.3 is 6.18 Å². The van der Waals surface area contributed by atoms with Crippen LogP contribution in [0.25, 0.3) is 10.9 Å². The molecule has 0 unspecified atom stereocenters. The van der Waals surface area contributed by atoms with E-state index in [0.717, 1.165) is 17.6 Å². The maximum absolute atomic E-state index is 13.1. The lowest BCUT2D eigenvalue weighted by atomic mass is 10.2. The first-order chi connectivity index (χ1) is 14.4. The Morgan fingerprint density at radius 1 is 1.00 bits per heavy atom. The van der Waals surface area contributed by atoms with Crippen LogP contribution in [0.5, 0.6) is 0 Å². The molecule has 0 atom stereocenters. The average Bonchev–Trinajstić information content (AvgIpc) is 2.77. The minimum atomic E-state index is -4.65. The Labute approximate surface area is 175 Å². The van der Waals surface area contributed by atoms with E-state index in [1.54, 1.807) is 29.3 Å². The fourth-order valence-electron chi connectivity index (χ4n) is 3.23. The molecule has 0 N–H and O–H groups in total. The topological polar surface area (TPSA) is 62.2 Å². The lowest BCUT2D eigenvalue weighted by Gasteiger charge is -2.35. The van der Waals surface area contributed by atoms with E-state index in [4.69, 9.17) is 0 Å². The van der Waals surface area contributed by atoms with E-state index in [0.29, 0.717) is 31.6 Å². The van der Waals surface area contributed by atoms with Gasteiger partial charge in [-0.1, -0.05) is 36.0 Å². The summed E-state index contributed by atoms with van der Waals surface area (Å²) in [4.78, 5) is 28.1. The zero-order valence-electron chi connectivity index (χ0n) is 15.8. The van der Waals surface area contributed by atoms with Gasteiger partial charge in [0.2, 0.25) is 11.7 Å². The van der Waals surface area contributed by atoms with Crippen molar-refractivity contribution in [3.8, 4) is 0 Å². The maximum atomic E-state index is 13.1. The summed E-state index contributed by atoms with van der Waals surface area (Å²) >= 11 is 1.01. The fraction of sp³-hybridized carbons (Fsp3) is 0.300. The number of piperazine rings is 1. The van der Waals surface area contributed by atoms with Crippen LogP contribution in [-0.4, -0.2) is 57.7 Å². The third-order valence-corrected chi connectivity index (χ3v) is 5.74. The Morgan fingerprint density at radius 3 is 2.43 bits per heavy atom. The van der Waals surface area contributed by atoms with Crippen LogP contribution in [0.3, 0.4) is 0 Å². The summed E-state index contributed by atoms with van der Waals surface area (Å²) < 4.78 is 39.4. The van der Waals surface area contributed by atoms with Gasteiger partial charge in [-0.2, -0.15) is 13.2 Å². The van der Waals surface area contributed by atoms with Crippen LogP contribution in [0, 0.1) is 0 Å². The predicted molar refractivity (Wildman–Crippen MR) is 108 cm³/mol. The van der Waals surface area contributed by atoms with Crippen molar-refractivity contribution in [2.24, 2.45) is 0 Å². The quantitative estimate of drug-likeness (QED) is 0.464. The second-order valence-corrected chi connectivity index (χ2v) is 7.68. The van der Waals surface area contributed by atoms with Crippen molar-refractivity contribution in [1.29, 1.82) is 0 Å². The van der Waals surface area contributed by atoms with E-state index < -0.39 is 12.0 Å². The molecule has 4 rings (SSSR count). The van der Waals surface area contributed by atoms with Gasteiger partial charge < -0.3 is 9.80 Å². The van der Waals surface area contributed by atoms with Crippen LogP contribution in [0.15, 0.2) is 53.7 Å². The van der Waals surface area contributed by atoms with Crippen molar-refractivity contribution in [2.75, 3.05) is 36.8 Å². The molecule has 1 aliphatic rings. The standard InChI is InChI=1S/C20H18F3N5OS/c21-20(22,23)19-25-15-6-2-1-5-14(15)18(26-19)30-13-17(29)28-11-9-27(10-12-28)16-7-3-4-8-24-16/h1-8H,9-13H2. The van der Waals surface area contributed by atoms with E-state index in [9.17, 15) is 18.0 Å². The molecule has 0 saturated carbocycles.